The predicted molar refractivity (Wildman–Crippen MR) is 59.1 cm³/mol. The van der Waals surface area contributed by atoms with E-state index >= 15 is 0 Å². The Labute approximate surface area is 95.5 Å². The molecule has 0 unspecified atom stereocenters. The number of carbonyl (C=O) groups excluding carboxylic acids is 1. The quantitative estimate of drug-likeness (QED) is 0.839. The first-order chi connectivity index (χ1) is 7.19. The number of rotatable bonds is 3. The third-order valence-electron chi connectivity index (χ3n) is 1.50. The number of hydrogen-bond acceptors (Lipinski definition) is 5. The monoisotopic (exact) mass is 271 g/mol. The maximum atomic E-state index is 11.3. The smallest absolute Gasteiger partial charge is 0.357 e. The van der Waals surface area contributed by atoms with Gasteiger partial charge in [0, 0.05) is 12.4 Å². The molecule has 1 heterocycles. The number of aromatic nitrogens is 2. The summed E-state index contributed by atoms with van der Waals surface area (Å²) in [6, 6.07) is 1.48. The topological polar surface area (TPSA) is 78.1 Å². The molecule has 0 aliphatic rings. The summed E-state index contributed by atoms with van der Waals surface area (Å²) in [5, 5.41) is 0. The van der Waals surface area contributed by atoms with Crippen LogP contribution in [0.2, 0.25) is 0 Å². The van der Waals surface area contributed by atoms with Gasteiger partial charge >= 0.3 is 5.97 Å². The second-order valence-electron chi connectivity index (χ2n) is 2.50. The first-order valence-corrected chi connectivity index (χ1v) is 5.06. The standard InChI is InChI=1S/C9H10BrN3O2/c1-2-15-9(14)7-3-4-12-8(13-7)6(10)5-11/h3-5H,2,11H2,1H3. The van der Waals surface area contributed by atoms with Gasteiger partial charge in [-0.25, -0.2) is 14.8 Å². The number of esters is 1. The minimum atomic E-state index is -0.474. The zero-order valence-corrected chi connectivity index (χ0v) is 9.69. The first-order valence-electron chi connectivity index (χ1n) is 4.27. The summed E-state index contributed by atoms with van der Waals surface area (Å²) in [5.41, 5.74) is 5.49. The Kier molecular flexibility index (Phi) is 4.23. The first kappa shape index (κ1) is 11.6. The largest absolute Gasteiger partial charge is 0.461 e. The molecule has 0 aliphatic heterocycles. The van der Waals surface area contributed by atoms with Gasteiger partial charge in [-0.15, -0.1) is 0 Å². The molecule has 6 heteroatoms. The molecule has 0 amide bonds. The van der Waals surface area contributed by atoms with Crippen molar-refractivity contribution in [1.82, 2.24) is 9.97 Å². The fourth-order valence-electron chi connectivity index (χ4n) is 0.867. The second kappa shape index (κ2) is 5.45. The normalized spacial score (nSPS) is 11.2. The fraction of sp³-hybridized carbons (Fsp3) is 0.222. The van der Waals surface area contributed by atoms with E-state index in [2.05, 4.69) is 25.9 Å². The average molecular weight is 272 g/mol. The van der Waals surface area contributed by atoms with Crippen LogP contribution in [0.3, 0.4) is 0 Å². The number of hydrogen-bond donors (Lipinski definition) is 1. The molecule has 5 nitrogen and oxygen atoms in total. The molecule has 0 bridgehead atoms. The molecule has 0 spiro atoms. The van der Waals surface area contributed by atoms with Gasteiger partial charge in [-0.1, -0.05) is 0 Å². The lowest BCUT2D eigenvalue weighted by atomic mass is 10.4. The molecule has 15 heavy (non-hydrogen) atoms. The van der Waals surface area contributed by atoms with Gasteiger partial charge in [0.1, 0.15) is 0 Å². The van der Waals surface area contributed by atoms with E-state index in [0.29, 0.717) is 16.9 Å². The molecule has 1 aromatic heterocycles. The van der Waals surface area contributed by atoms with Gasteiger partial charge in [-0.2, -0.15) is 0 Å². The van der Waals surface area contributed by atoms with Crippen molar-refractivity contribution in [2.75, 3.05) is 6.61 Å². The lowest BCUT2D eigenvalue weighted by Gasteiger charge is -2.02. The zero-order valence-electron chi connectivity index (χ0n) is 8.11. The summed E-state index contributed by atoms with van der Waals surface area (Å²) < 4.78 is 5.32. The summed E-state index contributed by atoms with van der Waals surface area (Å²) in [6.45, 7) is 2.04. The molecule has 0 aliphatic carbocycles. The van der Waals surface area contributed by atoms with Gasteiger partial charge in [-0.05, 0) is 28.9 Å². The third kappa shape index (κ3) is 3.02. The van der Waals surface area contributed by atoms with Crippen molar-refractivity contribution in [3.8, 4) is 0 Å². The van der Waals surface area contributed by atoms with Crippen LogP contribution in [0.5, 0.6) is 0 Å². The molecule has 0 aromatic carbocycles. The highest BCUT2D eigenvalue weighted by Gasteiger charge is 2.10. The van der Waals surface area contributed by atoms with Crippen LogP contribution in [-0.4, -0.2) is 22.5 Å². The SMILES string of the molecule is CCOC(=O)c1ccnc(C(Br)=CN)n1. The van der Waals surface area contributed by atoms with Gasteiger partial charge in [0.25, 0.3) is 0 Å². The van der Waals surface area contributed by atoms with E-state index in [0.717, 1.165) is 0 Å². The Hall–Kier alpha value is -1.43. The summed E-state index contributed by atoms with van der Waals surface area (Å²) in [5.74, 6) is -0.124. The minimum absolute atomic E-state index is 0.209. The van der Waals surface area contributed by atoms with Crippen LogP contribution in [0.4, 0.5) is 0 Å². The van der Waals surface area contributed by atoms with Crippen LogP contribution in [-0.2, 0) is 4.74 Å². The summed E-state index contributed by atoms with van der Waals surface area (Å²) in [7, 11) is 0. The Balaban J connectivity index is 2.97. The Morgan fingerprint density at radius 2 is 2.47 bits per heavy atom. The van der Waals surface area contributed by atoms with Crippen molar-refractivity contribution < 1.29 is 9.53 Å². The van der Waals surface area contributed by atoms with Crippen LogP contribution in [0.15, 0.2) is 18.5 Å². The predicted octanol–water partition coefficient (Wildman–Crippen LogP) is 1.31. The van der Waals surface area contributed by atoms with Crippen molar-refractivity contribution in [1.29, 1.82) is 0 Å². The molecular weight excluding hydrogens is 262 g/mol. The van der Waals surface area contributed by atoms with Gasteiger partial charge in [0.05, 0.1) is 11.1 Å². The number of ether oxygens (including phenoxy) is 1. The van der Waals surface area contributed by atoms with Crippen LogP contribution in [0.25, 0.3) is 4.48 Å². The molecule has 0 saturated carbocycles. The molecular formula is C9H10BrN3O2. The molecule has 0 fully saturated rings. The van der Waals surface area contributed by atoms with Crippen molar-refractivity contribution >= 4 is 26.4 Å². The van der Waals surface area contributed by atoms with E-state index in [1.165, 1.54) is 18.5 Å². The third-order valence-corrected chi connectivity index (χ3v) is 2.12. The van der Waals surface area contributed by atoms with Gasteiger partial charge < -0.3 is 10.5 Å². The number of nitrogens with zero attached hydrogens (tertiary/aromatic N) is 2. The lowest BCUT2D eigenvalue weighted by Crippen LogP contribution is -2.08. The van der Waals surface area contributed by atoms with E-state index in [9.17, 15) is 4.79 Å². The Bertz CT molecular complexity index is 393. The van der Waals surface area contributed by atoms with Crippen molar-refractivity contribution in [2.24, 2.45) is 5.73 Å². The molecule has 0 saturated heterocycles. The maximum absolute atomic E-state index is 11.3. The van der Waals surface area contributed by atoms with E-state index in [1.54, 1.807) is 6.92 Å². The Morgan fingerprint density at radius 1 is 1.73 bits per heavy atom. The summed E-state index contributed by atoms with van der Waals surface area (Å²) in [4.78, 5) is 19.2. The van der Waals surface area contributed by atoms with E-state index < -0.39 is 5.97 Å². The van der Waals surface area contributed by atoms with Gasteiger partial charge in [0.15, 0.2) is 11.5 Å². The number of carbonyl (C=O) groups is 1. The van der Waals surface area contributed by atoms with E-state index in [4.69, 9.17) is 10.5 Å². The van der Waals surface area contributed by atoms with Crippen molar-refractivity contribution in [3.63, 3.8) is 0 Å². The molecule has 1 rings (SSSR count). The molecule has 0 atom stereocenters. The molecule has 0 radical (unpaired) electrons. The van der Waals surface area contributed by atoms with Crippen LogP contribution in [0.1, 0.15) is 23.2 Å². The van der Waals surface area contributed by atoms with E-state index in [-0.39, 0.29) is 5.69 Å². The molecule has 2 N–H and O–H groups in total. The van der Waals surface area contributed by atoms with E-state index in [1.807, 2.05) is 0 Å². The maximum Gasteiger partial charge on any atom is 0.357 e. The van der Waals surface area contributed by atoms with Crippen molar-refractivity contribution in [2.45, 2.75) is 6.92 Å². The fourth-order valence-corrected chi connectivity index (χ4v) is 1.06. The highest BCUT2D eigenvalue weighted by atomic mass is 79.9. The highest BCUT2D eigenvalue weighted by Crippen LogP contribution is 2.15. The highest BCUT2D eigenvalue weighted by molar-refractivity contribution is 9.15. The van der Waals surface area contributed by atoms with Gasteiger partial charge in [0.2, 0.25) is 0 Å². The summed E-state index contributed by atoms with van der Waals surface area (Å²) >= 11 is 3.17. The Morgan fingerprint density at radius 3 is 3.07 bits per heavy atom. The average Bonchev–Trinajstić information content (AvgIpc) is 2.28. The number of nitrogens with two attached hydrogens (primary N) is 1. The molecule has 80 valence electrons. The second-order valence-corrected chi connectivity index (χ2v) is 3.35. The number of halogens is 1. The minimum Gasteiger partial charge on any atom is -0.461 e. The van der Waals surface area contributed by atoms with Crippen LogP contribution >= 0.6 is 15.9 Å². The summed E-state index contributed by atoms with van der Waals surface area (Å²) in [6.07, 6.45) is 2.78. The zero-order chi connectivity index (χ0) is 11.3. The van der Waals surface area contributed by atoms with Crippen LogP contribution < -0.4 is 5.73 Å². The van der Waals surface area contributed by atoms with Gasteiger partial charge in [-0.3, -0.25) is 0 Å². The lowest BCUT2D eigenvalue weighted by molar-refractivity contribution is 0.0519. The van der Waals surface area contributed by atoms with Crippen molar-refractivity contribution in [3.05, 3.63) is 30.0 Å². The molecule has 1 aromatic rings. The van der Waals surface area contributed by atoms with Crippen LogP contribution in [0, 0.1) is 0 Å².